The van der Waals surface area contributed by atoms with E-state index in [0.29, 0.717) is 20.5 Å². The third-order valence-electron chi connectivity index (χ3n) is 3.20. The van der Waals surface area contributed by atoms with Gasteiger partial charge in [0.25, 0.3) is 5.91 Å². The summed E-state index contributed by atoms with van der Waals surface area (Å²) in [5.41, 5.74) is 0.448. The third kappa shape index (κ3) is 3.65. The largest absolute Gasteiger partial charge is 0.504 e. The maximum absolute atomic E-state index is 12.4. The predicted octanol–water partition coefficient (Wildman–Crippen LogP) is 1.69. The lowest BCUT2D eigenvalue weighted by molar-refractivity contribution is -0.133. The van der Waals surface area contributed by atoms with Crippen molar-refractivity contribution < 1.29 is 19.4 Å². The van der Waals surface area contributed by atoms with E-state index in [1.54, 1.807) is 32.3 Å². The number of thiocarbonyl (C=S) groups is 1. The fourth-order valence-electron chi connectivity index (χ4n) is 1.87. The lowest BCUT2D eigenvalue weighted by Gasteiger charge is -2.17. The first kappa shape index (κ1) is 17.3. The summed E-state index contributed by atoms with van der Waals surface area (Å²) in [7, 11) is 4.68. The van der Waals surface area contributed by atoms with E-state index in [1.165, 1.54) is 23.0 Å². The number of carbonyl (C=O) groups is 2. The number of para-hydroxylation sites is 1. The molecule has 1 heterocycles. The number of aromatic hydroxyl groups is 1. The zero-order valence-electron chi connectivity index (χ0n) is 12.9. The number of hydrogen-bond donors (Lipinski definition) is 1. The lowest BCUT2D eigenvalue weighted by Crippen LogP contribution is -2.38. The number of likely N-dealkylation sites (N-methyl/N-ethyl adjacent to an activating group) is 1. The molecule has 1 N–H and O–H groups in total. The maximum atomic E-state index is 12.4. The molecule has 122 valence electrons. The number of ether oxygens (including phenoxy) is 1. The van der Waals surface area contributed by atoms with E-state index in [4.69, 9.17) is 17.0 Å². The van der Waals surface area contributed by atoms with Crippen LogP contribution in [0, 0.1) is 0 Å². The Labute approximate surface area is 143 Å². The summed E-state index contributed by atoms with van der Waals surface area (Å²) >= 11 is 6.27. The van der Waals surface area contributed by atoms with Gasteiger partial charge in [-0.2, -0.15) is 0 Å². The van der Waals surface area contributed by atoms with Gasteiger partial charge in [-0.25, -0.2) is 0 Å². The van der Waals surface area contributed by atoms with E-state index in [-0.39, 0.29) is 24.1 Å². The van der Waals surface area contributed by atoms with Crippen LogP contribution >= 0.6 is 24.0 Å². The molecule has 1 fully saturated rings. The van der Waals surface area contributed by atoms with E-state index in [2.05, 4.69) is 0 Å². The third-order valence-corrected chi connectivity index (χ3v) is 4.58. The summed E-state index contributed by atoms with van der Waals surface area (Å²) in [6.07, 6.45) is 1.54. The van der Waals surface area contributed by atoms with Crippen LogP contribution in [-0.2, 0) is 9.59 Å². The van der Waals surface area contributed by atoms with E-state index in [1.807, 2.05) is 0 Å². The first-order chi connectivity index (χ1) is 10.8. The van der Waals surface area contributed by atoms with Gasteiger partial charge < -0.3 is 14.7 Å². The average Bonchev–Trinajstić information content (AvgIpc) is 2.76. The van der Waals surface area contributed by atoms with E-state index < -0.39 is 0 Å². The van der Waals surface area contributed by atoms with Crippen LogP contribution in [0.5, 0.6) is 11.5 Å². The maximum Gasteiger partial charge on any atom is 0.266 e. The van der Waals surface area contributed by atoms with Gasteiger partial charge in [-0.05, 0) is 12.1 Å². The predicted molar refractivity (Wildman–Crippen MR) is 93.2 cm³/mol. The molecular weight excluding hydrogens is 336 g/mol. The fourth-order valence-corrected chi connectivity index (χ4v) is 3.12. The number of phenols is 1. The Hall–Kier alpha value is -2.06. The lowest BCUT2D eigenvalue weighted by atomic mass is 10.1. The van der Waals surface area contributed by atoms with Crippen molar-refractivity contribution in [2.75, 3.05) is 27.7 Å². The first-order valence-corrected chi connectivity index (χ1v) is 7.89. The van der Waals surface area contributed by atoms with Crippen LogP contribution < -0.4 is 4.74 Å². The Morgan fingerprint density at radius 1 is 1.48 bits per heavy atom. The molecule has 6 nitrogen and oxygen atoms in total. The minimum Gasteiger partial charge on any atom is -0.504 e. The van der Waals surface area contributed by atoms with E-state index in [9.17, 15) is 14.7 Å². The zero-order chi connectivity index (χ0) is 17.1. The SMILES string of the molecule is COc1cccc(C=C2SC(=S)N(CC(=O)N(C)C)C2=O)c1O. The summed E-state index contributed by atoms with van der Waals surface area (Å²) < 4.78 is 5.36. The van der Waals surface area contributed by atoms with Gasteiger partial charge in [0.15, 0.2) is 11.5 Å². The fraction of sp³-hybridized carbons (Fsp3) is 0.267. The second kappa shape index (κ2) is 7.01. The van der Waals surface area contributed by atoms with Crippen molar-refractivity contribution in [1.29, 1.82) is 0 Å². The highest BCUT2D eigenvalue weighted by Crippen LogP contribution is 2.36. The quantitative estimate of drug-likeness (QED) is 0.657. The number of rotatable bonds is 4. The van der Waals surface area contributed by atoms with Crippen LogP contribution in [0.4, 0.5) is 0 Å². The Balaban J connectivity index is 2.27. The van der Waals surface area contributed by atoms with Crippen LogP contribution in [0.2, 0.25) is 0 Å². The highest BCUT2D eigenvalue weighted by molar-refractivity contribution is 8.26. The van der Waals surface area contributed by atoms with Crippen LogP contribution in [0.1, 0.15) is 5.56 Å². The molecule has 0 aromatic heterocycles. The van der Waals surface area contributed by atoms with Gasteiger partial charge in [-0.1, -0.05) is 36.1 Å². The molecule has 2 rings (SSSR count). The topological polar surface area (TPSA) is 70.1 Å². The molecule has 1 aliphatic rings. The highest BCUT2D eigenvalue weighted by Gasteiger charge is 2.33. The summed E-state index contributed by atoms with van der Waals surface area (Å²) in [4.78, 5) is 27.2. The Bertz CT molecular complexity index is 701. The van der Waals surface area contributed by atoms with Crippen molar-refractivity contribution in [2.24, 2.45) is 0 Å². The number of thioether (sulfide) groups is 1. The minimum atomic E-state index is -0.350. The zero-order valence-corrected chi connectivity index (χ0v) is 14.5. The number of methoxy groups -OCH3 is 1. The molecule has 23 heavy (non-hydrogen) atoms. The summed E-state index contributed by atoms with van der Waals surface area (Å²) in [6, 6.07) is 4.99. The number of hydrogen-bond acceptors (Lipinski definition) is 6. The molecule has 1 aromatic carbocycles. The molecule has 8 heteroatoms. The van der Waals surface area contributed by atoms with E-state index >= 15 is 0 Å². The Kier molecular flexibility index (Phi) is 5.27. The highest BCUT2D eigenvalue weighted by atomic mass is 32.2. The van der Waals surface area contributed by atoms with Gasteiger partial charge in [0.05, 0.1) is 12.0 Å². The number of carbonyl (C=O) groups excluding carboxylic acids is 2. The molecular formula is C15H16N2O4S2. The van der Waals surface area contributed by atoms with Gasteiger partial charge in [0, 0.05) is 19.7 Å². The van der Waals surface area contributed by atoms with Crippen LogP contribution in [0.3, 0.4) is 0 Å². The smallest absolute Gasteiger partial charge is 0.266 e. The minimum absolute atomic E-state index is 0.0513. The standard InChI is InChI=1S/C15H16N2O4S2/c1-16(2)12(18)8-17-14(20)11(23-15(17)22)7-9-5-4-6-10(21-3)13(9)19/h4-7,19H,8H2,1-3H3. The van der Waals surface area contributed by atoms with Gasteiger partial charge in [0.1, 0.15) is 10.9 Å². The molecule has 1 saturated heterocycles. The number of phenolic OH excluding ortho intramolecular Hbond substituents is 1. The van der Waals surface area contributed by atoms with Crippen molar-refractivity contribution in [2.45, 2.75) is 0 Å². The molecule has 2 amide bonds. The molecule has 0 radical (unpaired) electrons. The van der Waals surface area contributed by atoms with Crippen LogP contribution in [0.15, 0.2) is 23.1 Å². The molecule has 0 aliphatic carbocycles. The Morgan fingerprint density at radius 2 is 2.17 bits per heavy atom. The van der Waals surface area contributed by atoms with Gasteiger partial charge in [0.2, 0.25) is 5.91 Å². The van der Waals surface area contributed by atoms with Gasteiger partial charge in [-0.15, -0.1) is 0 Å². The van der Waals surface area contributed by atoms with Crippen molar-refractivity contribution in [3.63, 3.8) is 0 Å². The summed E-state index contributed by atoms with van der Waals surface area (Å²) in [6.45, 7) is -0.0981. The second-order valence-corrected chi connectivity index (χ2v) is 6.63. The van der Waals surface area contributed by atoms with Crippen molar-refractivity contribution in [3.8, 4) is 11.5 Å². The van der Waals surface area contributed by atoms with E-state index in [0.717, 1.165) is 11.8 Å². The number of benzene rings is 1. The molecule has 0 spiro atoms. The van der Waals surface area contributed by atoms with Crippen molar-refractivity contribution in [1.82, 2.24) is 9.80 Å². The molecule has 1 aromatic rings. The average molecular weight is 352 g/mol. The number of nitrogens with zero attached hydrogens (tertiary/aromatic N) is 2. The molecule has 0 unspecified atom stereocenters. The van der Waals surface area contributed by atoms with Crippen molar-refractivity contribution >= 4 is 46.2 Å². The normalized spacial score (nSPS) is 16.1. The monoisotopic (exact) mass is 352 g/mol. The molecule has 0 atom stereocenters. The molecule has 0 bridgehead atoms. The first-order valence-electron chi connectivity index (χ1n) is 6.66. The van der Waals surface area contributed by atoms with Crippen molar-refractivity contribution in [3.05, 3.63) is 28.7 Å². The summed E-state index contributed by atoms with van der Waals surface area (Å²) in [5.74, 6) is -0.300. The van der Waals surface area contributed by atoms with Gasteiger partial charge in [-0.3, -0.25) is 14.5 Å². The molecule has 1 aliphatic heterocycles. The molecule has 0 saturated carbocycles. The Morgan fingerprint density at radius 3 is 2.78 bits per heavy atom. The van der Waals surface area contributed by atoms with Crippen LogP contribution in [0.25, 0.3) is 6.08 Å². The summed E-state index contributed by atoms with van der Waals surface area (Å²) in [5, 5.41) is 10.1. The second-order valence-electron chi connectivity index (χ2n) is 4.95. The number of amides is 2. The van der Waals surface area contributed by atoms with Crippen LogP contribution in [-0.4, -0.2) is 58.8 Å². The van der Waals surface area contributed by atoms with Gasteiger partial charge >= 0.3 is 0 Å².